The first-order chi connectivity index (χ1) is 14.2. The van der Waals surface area contributed by atoms with Gasteiger partial charge < -0.3 is 14.7 Å². The van der Waals surface area contributed by atoms with Crippen molar-refractivity contribution in [1.82, 2.24) is 14.7 Å². The van der Waals surface area contributed by atoms with E-state index in [1.165, 1.54) is 16.7 Å². The fourth-order valence-corrected chi connectivity index (χ4v) is 4.25. The second kappa shape index (κ2) is 9.72. The van der Waals surface area contributed by atoms with E-state index in [2.05, 4.69) is 64.2 Å². The number of hydrogen-bond acceptors (Lipinski definition) is 5. The van der Waals surface area contributed by atoms with Gasteiger partial charge in [0.25, 0.3) is 0 Å². The van der Waals surface area contributed by atoms with Gasteiger partial charge in [-0.15, -0.1) is 0 Å². The Labute approximate surface area is 174 Å². The van der Waals surface area contributed by atoms with Crippen molar-refractivity contribution in [3.8, 4) is 5.75 Å². The topological polar surface area (TPSA) is 39.2 Å². The van der Waals surface area contributed by atoms with Crippen molar-refractivity contribution in [2.45, 2.75) is 25.6 Å². The van der Waals surface area contributed by atoms with Crippen molar-refractivity contribution >= 4 is 0 Å². The number of likely N-dealkylation sites (N-methyl/N-ethyl adjacent to an activating group) is 1. The van der Waals surface area contributed by atoms with Crippen LogP contribution in [-0.4, -0.2) is 78.8 Å². The Morgan fingerprint density at radius 3 is 2.55 bits per heavy atom. The molecule has 1 atom stereocenters. The Balaban J connectivity index is 1.24. The number of aliphatic hydroxyl groups is 1. The first-order valence-electron chi connectivity index (χ1n) is 10.8. The molecule has 0 aliphatic carbocycles. The molecule has 5 heteroatoms. The van der Waals surface area contributed by atoms with Gasteiger partial charge >= 0.3 is 0 Å². The third kappa shape index (κ3) is 5.80. The van der Waals surface area contributed by atoms with Gasteiger partial charge in [-0.25, -0.2) is 0 Å². The van der Waals surface area contributed by atoms with Crippen LogP contribution in [0.25, 0.3) is 0 Å². The number of benzene rings is 2. The minimum absolute atomic E-state index is 0.329. The van der Waals surface area contributed by atoms with Gasteiger partial charge in [-0.2, -0.15) is 0 Å². The summed E-state index contributed by atoms with van der Waals surface area (Å²) in [5.41, 5.74) is 4.09. The molecule has 2 aromatic carbocycles. The molecule has 0 saturated carbocycles. The zero-order valence-corrected chi connectivity index (χ0v) is 17.5. The van der Waals surface area contributed by atoms with Crippen molar-refractivity contribution < 1.29 is 9.84 Å². The van der Waals surface area contributed by atoms with Crippen molar-refractivity contribution in [3.05, 3.63) is 65.2 Å². The lowest BCUT2D eigenvalue weighted by molar-refractivity contribution is 0.0637. The van der Waals surface area contributed by atoms with Gasteiger partial charge in [-0.1, -0.05) is 36.4 Å². The molecule has 1 saturated heterocycles. The maximum atomic E-state index is 10.5. The fraction of sp³-hybridized carbons (Fsp3) is 0.500. The van der Waals surface area contributed by atoms with Crippen molar-refractivity contribution in [3.63, 3.8) is 0 Å². The predicted molar refractivity (Wildman–Crippen MR) is 116 cm³/mol. The maximum Gasteiger partial charge on any atom is 0.119 e. The molecule has 0 radical (unpaired) electrons. The van der Waals surface area contributed by atoms with Gasteiger partial charge in [0.15, 0.2) is 0 Å². The van der Waals surface area contributed by atoms with Gasteiger partial charge in [0.2, 0.25) is 0 Å². The number of piperazine rings is 1. The van der Waals surface area contributed by atoms with E-state index < -0.39 is 6.10 Å². The van der Waals surface area contributed by atoms with Gasteiger partial charge in [-0.3, -0.25) is 9.80 Å². The Bertz CT molecular complexity index is 789. The molecule has 2 aliphatic heterocycles. The summed E-state index contributed by atoms with van der Waals surface area (Å²) in [7, 11) is 2.18. The lowest BCUT2D eigenvalue weighted by Gasteiger charge is -2.32. The normalized spacial score (nSPS) is 19.7. The van der Waals surface area contributed by atoms with E-state index in [1.807, 2.05) is 6.07 Å². The summed E-state index contributed by atoms with van der Waals surface area (Å²) in [5, 5.41) is 10.5. The van der Waals surface area contributed by atoms with Gasteiger partial charge in [0.1, 0.15) is 18.5 Å². The van der Waals surface area contributed by atoms with E-state index in [0.717, 1.165) is 58.0 Å². The van der Waals surface area contributed by atoms with Crippen LogP contribution >= 0.6 is 0 Å². The van der Waals surface area contributed by atoms with Crippen LogP contribution in [0.2, 0.25) is 0 Å². The van der Waals surface area contributed by atoms with Crippen LogP contribution in [0.5, 0.6) is 5.75 Å². The van der Waals surface area contributed by atoms with E-state index in [9.17, 15) is 5.11 Å². The van der Waals surface area contributed by atoms with Gasteiger partial charge in [-0.05, 0) is 42.3 Å². The smallest absolute Gasteiger partial charge is 0.119 e. The molecule has 29 heavy (non-hydrogen) atoms. The molecule has 5 nitrogen and oxygen atoms in total. The van der Waals surface area contributed by atoms with Crippen LogP contribution in [0, 0.1) is 0 Å². The quantitative estimate of drug-likeness (QED) is 0.779. The van der Waals surface area contributed by atoms with Gasteiger partial charge in [0, 0.05) is 52.4 Å². The third-order valence-electron chi connectivity index (χ3n) is 6.02. The third-order valence-corrected chi connectivity index (χ3v) is 6.02. The Kier molecular flexibility index (Phi) is 6.82. The molecule has 0 spiro atoms. The van der Waals surface area contributed by atoms with Crippen LogP contribution in [-0.2, 0) is 19.5 Å². The molecule has 1 fully saturated rings. The molecule has 0 unspecified atom stereocenters. The highest BCUT2D eigenvalue weighted by molar-refractivity contribution is 5.29. The molecule has 1 N–H and O–H groups in total. The average molecular weight is 396 g/mol. The van der Waals surface area contributed by atoms with Crippen LogP contribution in [0.15, 0.2) is 48.5 Å². The maximum absolute atomic E-state index is 10.5. The lowest BCUT2D eigenvalue weighted by atomic mass is 10.00. The molecule has 2 aliphatic rings. The monoisotopic (exact) mass is 395 g/mol. The Morgan fingerprint density at radius 1 is 0.931 bits per heavy atom. The van der Waals surface area contributed by atoms with Crippen LogP contribution in [0.4, 0.5) is 0 Å². The highest BCUT2D eigenvalue weighted by Gasteiger charge is 2.19. The van der Waals surface area contributed by atoms with Crippen molar-refractivity contribution in [2.24, 2.45) is 0 Å². The van der Waals surface area contributed by atoms with Crippen molar-refractivity contribution in [2.75, 3.05) is 52.9 Å². The average Bonchev–Trinajstić information content (AvgIpc) is 2.74. The van der Waals surface area contributed by atoms with Crippen molar-refractivity contribution in [1.29, 1.82) is 0 Å². The summed E-state index contributed by atoms with van der Waals surface area (Å²) in [4.78, 5) is 7.18. The van der Waals surface area contributed by atoms with E-state index in [-0.39, 0.29) is 0 Å². The van der Waals surface area contributed by atoms with Crippen LogP contribution in [0.3, 0.4) is 0 Å². The number of β-amino-alcohol motifs (C(OH)–C–C–N with tert-alkyl or cyclic N) is 1. The second-order valence-electron chi connectivity index (χ2n) is 8.45. The number of ether oxygens (including phenoxy) is 1. The fourth-order valence-electron chi connectivity index (χ4n) is 4.25. The SMILES string of the molecule is CN1CCN(Cc2cccc(OC[C@H](O)CN3CCc4ccccc4C3)c2)CC1. The molecule has 0 aromatic heterocycles. The van der Waals surface area contributed by atoms with E-state index in [0.29, 0.717) is 13.2 Å². The van der Waals surface area contributed by atoms with E-state index in [4.69, 9.17) is 4.74 Å². The second-order valence-corrected chi connectivity index (χ2v) is 8.45. The minimum Gasteiger partial charge on any atom is -0.491 e. The predicted octanol–water partition coefficient (Wildman–Crippen LogP) is 2.23. The highest BCUT2D eigenvalue weighted by Crippen LogP contribution is 2.19. The summed E-state index contributed by atoms with van der Waals surface area (Å²) in [5.74, 6) is 0.847. The van der Waals surface area contributed by atoms with Gasteiger partial charge in [0.05, 0.1) is 0 Å². The summed E-state index contributed by atoms with van der Waals surface area (Å²) in [6.07, 6.45) is 0.569. The lowest BCUT2D eigenvalue weighted by Crippen LogP contribution is -2.43. The standard InChI is InChI=1S/C24H33N3O2/c1-25-11-13-26(14-12-25)16-20-5-4-8-24(15-20)29-19-23(28)18-27-10-9-21-6-2-3-7-22(21)17-27/h2-8,15,23,28H,9-14,16-19H2,1H3/t23-/m1/s1. The summed E-state index contributed by atoms with van der Waals surface area (Å²) >= 11 is 0. The Hall–Kier alpha value is -1.92. The first-order valence-corrected chi connectivity index (χ1v) is 10.8. The van der Waals surface area contributed by atoms with E-state index in [1.54, 1.807) is 0 Å². The molecular formula is C24H33N3O2. The molecule has 2 aromatic rings. The number of hydrogen-bond donors (Lipinski definition) is 1. The molecule has 0 bridgehead atoms. The summed E-state index contributed by atoms with van der Waals surface area (Å²) in [6.45, 7) is 8.32. The molecular weight excluding hydrogens is 362 g/mol. The number of fused-ring (bicyclic) bond motifs is 1. The summed E-state index contributed by atoms with van der Waals surface area (Å²) in [6, 6.07) is 16.9. The Morgan fingerprint density at radius 2 is 1.72 bits per heavy atom. The largest absolute Gasteiger partial charge is 0.491 e. The summed E-state index contributed by atoms with van der Waals surface area (Å²) < 4.78 is 5.92. The van der Waals surface area contributed by atoms with E-state index >= 15 is 0 Å². The molecule has 4 rings (SSSR count). The molecule has 2 heterocycles. The zero-order chi connectivity index (χ0) is 20.1. The number of rotatable bonds is 7. The zero-order valence-electron chi connectivity index (χ0n) is 17.5. The van der Waals surface area contributed by atoms with Crippen LogP contribution in [0.1, 0.15) is 16.7 Å². The number of nitrogens with zero attached hydrogens (tertiary/aromatic N) is 3. The first kappa shape index (κ1) is 20.4. The minimum atomic E-state index is -0.485. The number of aliphatic hydroxyl groups excluding tert-OH is 1. The molecule has 0 amide bonds. The molecule has 156 valence electrons. The highest BCUT2D eigenvalue weighted by atomic mass is 16.5. The van der Waals surface area contributed by atoms with Crippen LogP contribution < -0.4 is 4.74 Å².